The lowest BCUT2D eigenvalue weighted by Gasteiger charge is -2.03. The van der Waals surface area contributed by atoms with Gasteiger partial charge in [-0.1, -0.05) is 17.7 Å². The molecule has 94 valence electrons. The Kier molecular flexibility index (Phi) is 3.99. The average molecular weight is 285 g/mol. The second-order valence-corrected chi connectivity index (χ2v) is 4.99. The van der Waals surface area contributed by atoms with Crippen molar-refractivity contribution in [2.24, 2.45) is 0 Å². The number of carbonyl (C=O) groups is 1. The number of ether oxygens (including phenoxy) is 1. The number of rotatable bonds is 4. The Morgan fingerprint density at radius 2 is 2.22 bits per heavy atom. The van der Waals surface area contributed by atoms with E-state index in [1.165, 1.54) is 30.6 Å². The van der Waals surface area contributed by atoms with Crippen molar-refractivity contribution in [3.8, 4) is 5.75 Å². The number of ketones is 1. The Balaban J connectivity index is 2.19. The Labute approximate surface area is 113 Å². The molecule has 1 aromatic heterocycles. The molecule has 1 heterocycles. The van der Waals surface area contributed by atoms with Crippen LogP contribution in [-0.4, -0.2) is 12.9 Å². The van der Waals surface area contributed by atoms with Gasteiger partial charge in [0.2, 0.25) is 0 Å². The van der Waals surface area contributed by atoms with Crippen LogP contribution in [0.15, 0.2) is 29.6 Å². The molecule has 0 unspecified atom stereocenters. The van der Waals surface area contributed by atoms with Crippen LogP contribution in [0.1, 0.15) is 15.2 Å². The first kappa shape index (κ1) is 13.1. The van der Waals surface area contributed by atoms with E-state index in [4.69, 9.17) is 16.3 Å². The number of hydrogen-bond donors (Lipinski definition) is 0. The van der Waals surface area contributed by atoms with Crippen molar-refractivity contribution >= 4 is 28.7 Å². The van der Waals surface area contributed by atoms with E-state index in [0.717, 1.165) is 0 Å². The van der Waals surface area contributed by atoms with Gasteiger partial charge >= 0.3 is 0 Å². The van der Waals surface area contributed by atoms with Crippen molar-refractivity contribution in [3.63, 3.8) is 0 Å². The topological polar surface area (TPSA) is 26.3 Å². The number of Topliss-reactive ketones (excluding diaryl/α,β-unsaturated/α-hetero) is 1. The maximum Gasteiger partial charge on any atom is 0.180 e. The maximum absolute atomic E-state index is 13.3. The molecule has 0 bridgehead atoms. The number of thiophene rings is 1. The van der Waals surface area contributed by atoms with E-state index >= 15 is 0 Å². The monoisotopic (exact) mass is 284 g/mol. The molecule has 0 N–H and O–H groups in total. The minimum absolute atomic E-state index is 0.0555. The Morgan fingerprint density at radius 1 is 1.44 bits per heavy atom. The third kappa shape index (κ3) is 2.71. The fraction of sp³-hybridized carbons (Fsp3) is 0.154. The lowest BCUT2D eigenvalue weighted by molar-refractivity contribution is 0.0994. The molecule has 2 rings (SSSR count). The predicted octanol–water partition coefficient (Wildman–Crippen LogP) is 3.97. The Bertz CT molecular complexity index is 580. The second kappa shape index (κ2) is 5.50. The van der Waals surface area contributed by atoms with Gasteiger partial charge in [-0.2, -0.15) is 0 Å². The van der Waals surface area contributed by atoms with E-state index in [-0.39, 0.29) is 17.2 Å². The van der Waals surface area contributed by atoms with Gasteiger partial charge in [-0.05, 0) is 29.1 Å². The Morgan fingerprint density at radius 3 is 2.89 bits per heavy atom. The van der Waals surface area contributed by atoms with Crippen molar-refractivity contribution < 1.29 is 13.9 Å². The molecule has 0 radical (unpaired) electrons. The predicted molar refractivity (Wildman–Crippen MR) is 70.3 cm³/mol. The normalized spacial score (nSPS) is 10.4. The highest BCUT2D eigenvalue weighted by molar-refractivity contribution is 7.12. The van der Waals surface area contributed by atoms with E-state index in [1.54, 1.807) is 17.5 Å². The van der Waals surface area contributed by atoms with Gasteiger partial charge in [0.25, 0.3) is 0 Å². The third-order valence-corrected chi connectivity index (χ3v) is 3.69. The van der Waals surface area contributed by atoms with Crippen molar-refractivity contribution in [2.45, 2.75) is 6.42 Å². The Hall–Kier alpha value is -1.39. The largest absolute Gasteiger partial charge is 0.495 e. The number of hydrogen-bond acceptors (Lipinski definition) is 3. The summed E-state index contributed by atoms with van der Waals surface area (Å²) in [4.78, 5) is 12.6. The lowest BCUT2D eigenvalue weighted by Crippen LogP contribution is -2.03. The van der Waals surface area contributed by atoms with E-state index in [2.05, 4.69) is 0 Å². The van der Waals surface area contributed by atoms with E-state index in [9.17, 15) is 9.18 Å². The van der Waals surface area contributed by atoms with Gasteiger partial charge in [0.15, 0.2) is 5.78 Å². The first-order valence-corrected chi connectivity index (χ1v) is 6.46. The van der Waals surface area contributed by atoms with Crippen LogP contribution in [0.3, 0.4) is 0 Å². The summed E-state index contributed by atoms with van der Waals surface area (Å²) in [6, 6.07) is 6.11. The summed E-state index contributed by atoms with van der Waals surface area (Å²) in [6.07, 6.45) is 0.130. The van der Waals surface area contributed by atoms with Gasteiger partial charge < -0.3 is 4.74 Å². The van der Waals surface area contributed by atoms with E-state index < -0.39 is 5.82 Å². The number of benzene rings is 1. The summed E-state index contributed by atoms with van der Waals surface area (Å²) in [5.41, 5.74) is 0.595. The van der Waals surface area contributed by atoms with Crippen LogP contribution in [0.2, 0.25) is 5.02 Å². The third-order valence-electron chi connectivity index (χ3n) is 2.45. The molecule has 0 aliphatic heterocycles. The quantitative estimate of drug-likeness (QED) is 0.794. The minimum atomic E-state index is -0.514. The molecule has 0 amide bonds. The zero-order valence-corrected chi connectivity index (χ0v) is 11.1. The van der Waals surface area contributed by atoms with Crippen LogP contribution in [0, 0.1) is 5.82 Å². The molecule has 5 heteroatoms. The van der Waals surface area contributed by atoms with Crippen LogP contribution < -0.4 is 4.74 Å². The highest BCUT2D eigenvalue weighted by Crippen LogP contribution is 2.26. The molecule has 0 saturated carbocycles. The summed E-state index contributed by atoms with van der Waals surface area (Å²) in [6.45, 7) is 0. The molecule has 0 aliphatic carbocycles. The molecular formula is C13H10ClFO2S. The number of carbonyl (C=O) groups excluding carboxylic acids is 1. The first-order valence-electron chi connectivity index (χ1n) is 5.20. The lowest BCUT2D eigenvalue weighted by atomic mass is 10.1. The van der Waals surface area contributed by atoms with Gasteiger partial charge in [0.05, 0.1) is 12.1 Å². The van der Waals surface area contributed by atoms with Crippen molar-refractivity contribution in [3.05, 3.63) is 50.9 Å². The van der Waals surface area contributed by atoms with E-state index in [0.29, 0.717) is 16.2 Å². The van der Waals surface area contributed by atoms with Gasteiger partial charge in [0.1, 0.15) is 16.4 Å². The molecule has 0 saturated heterocycles. The zero-order valence-electron chi connectivity index (χ0n) is 9.57. The van der Waals surface area contributed by atoms with Crippen LogP contribution in [0.5, 0.6) is 5.75 Å². The second-order valence-electron chi connectivity index (χ2n) is 3.67. The fourth-order valence-corrected chi connectivity index (χ4v) is 2.49. The fourth-order valence-electron chi connectivity index (χ4n) is 1.58. The molecule has 18 heavy (non-hydrogen) atoms. The van der Waals surface area contributed by atoms with Gasteiger partial charge in [-0.3, -0.25) is 4.79 Å². The standard InChI is InChI=1S/C13H10ClFO2S/c1-17-12-4-5-18-13(12)11(16)7-8-2-3-9(14)10(15)6-8/h2-6H,7H2,1H3. The SMILES string of the molecule is COc1ccsc1C(=O)Cc1ccc(Cl)c(F)c1. The van der Waals surface area contributed by atoms with Gasteiger partial charge in [0, 0.05) is 6.42 Å². The molecule has 1 aromatic carbocycles. The molecule has 0 fully saturated rings. The molecule has 0 atom stereocenters. The van der Waals surface area contributed by atoms with Gasteiger partial charge in [-0.15, -0.1) is 11.3 Å². The summed E-state index contributed by atoms with van der Waals surface area (Å²) < 4.78 is 18.3. The molecule has 0 spiro atoms. The van der Waals surface area contributed by atoms with Gasteiger partial charge in [-0.25, -0.2) is 4.39 Å². The van der Waals surface area contributed by atoms with Crippen LogP contribution in [-0.2, 0) is 6.42 Å². The summed E-state index contributed by atoms with van der Waals surface area (Å²) in [5.74, 6) is -0.0527. The summed E-state index contributed by atoms with van der Waals surface area (Å²) in [5, 5.41) is 1.84. The van der Waals surface area contributed by atoms with Crippen molar-refractivity contribution in [2.75, 3.05) is 7.11 Å². The van der Waals surface area contributed by atoms with Crippen LogP contribution >= 0.6 is 22.9 Å². The highest BCUT2D eigenvalue weighted by atomic mass is 35.5. The van der Waals surface area contributed by atoms with E-state index in [1.807, 2.05) is 0 Å². The summed E-state index contributed by atoms with van der Waals surface area (Å²) in [7, 11) is 1.51. The highest BCUT2D eigenvalue weighted by Gasteiger charge is 2.15. The first-order chi connectivity index (χ1) is 8.61. The van der Waals surface area contributed by atoms with Crippen molar-refractivity contribution in [1.82, 2.24) is 0 Å². The molecular weight excluding hydrogens is 275 g/mol. The molecule has 2 nitrogen and oxygen atoms in total. The maximum atomic E-state index is 13.3. The van der Waals surface area contributed by atoms with Crippen molar-refractivity contribution in [1.29, 1.82) is 0 Å². The zero-order chi connectivity index (χ0) is 13.1. The number of methoxy groups -OCH3 is 1. The average Bonchev–Trinajstić information content (AvgIpc) is 2.82. The summed E-state index contributed by atoms with van der Waals surface area (Å²) >= 11 is 6.90. The number of halogens is 2. The molecule has 0 aliphatic rings. The van der Waals surface area contributed by atoms with Crippen LogP contribution in [0.25, 0.3) is 0 Å². The van der Waals surface area contributed by atoms with Crippen LogP contribution in [0.4, 0.5) is 4.39 Å². The molecule has 2 aromatic rings. The smallest absolute Gasteiger partial charge is 0.180 e. The minimum Gasteiger partial charge on any atom is -0.495 e.